The summed E-state index contributed by atoms with van der Waals surface area (Å²) in [7, 11) is 1.60. The van der Waals surface area contributed by atoms with Crippen LogP contribution in [0, 0.1) is 5.92 Å². The lowest BCUT2D eigenvalue weighted by atomic mass is 9.98. The molecular weight excluding hydrogens is 330 g/mol. The van der Waals surface area contributed by atoms with Crippen LogP contribution in [-0.4, -0.2) is 38.7 Å². The van der Waals surface area contributed by atoms with Gasteiger partial charge in [0.1, 0.15) is 6.79 Å². The van der Waals surface area contributed by atoms with Gasteiger partial charge in [0.2, 0.25) is 0 Å². The van der Waals surface area contributed by atoms with Gasteiger partial charge in [0.15, 0.2) is 0 Å². The number of rotatable bonds is 10. The lowest BCUT2D eigenvalue weighted by Crippen LogP contribution is -2.48. The smallest absolute Gasteiger partial charge is 0.146 e. The van der Waals surface area contributed by atoms with Gasteiger partial charge in [-0.2, -0.15) is 0 Å². The lowest BCUT2D eigenvalue weighted by Gasteiger charge is -2.41. The van der Waals surface area contributed by atoms with Gasteiger partial charge in [-0.25, -0.2) is 0 Å². The molecule has 1 aliphatic heterocycles. The van der Waals surface area contributed by atoms with Crippen molar-refractivity contribution in [3.63, 3.8) is 0 Å². The normalized spacial score (nSPS) is 14.5. The Balaban J connectivity index is 1.44. The van der Waals surface area contributed by atoms with Gasteiger partial charge in [-0.3, -0.25) is 0 Å². The highest BCUT2D eigenvalue weighted by atomic mass is 16.7. The zero-order chi connectivity index (χ0) is 18.2. The molecule has 2 aromatic carbocycles. The molecule has 1 fully saturated rings. The summed E-state index contributed by atoms with van der Waals surface area (Å²) in [4.78, 5) is 2.31. The molecule has 2 aromatic rings. The first-order valence-corrected chi connectivity index (χ1v) is 8.96. The molecule has 140 valence electrons. The van der Waals surface area contributed by atoms with Crippen molar-refractivity contribution < 1.29 is 19.3 Å². The number of hydrogen-bond donors (Lipinski definition) is 1. The summed E-state index contributed by atoms with van der Waals surface area (Å²) in [5, 5.41) is 9.62. The summed E-state index contributed by atoms with van der Waals surface area (Å²) < 4.78 is 16.1. The first kappa shape index (κ1) is 18.9. The van der Waals surface area contributed by atoms with E-state index in [4.69, 9.17) is 14.2 Å². The van der Waals surface area contributed by atoms with E-state index in [-0.39, 0.29) is 13.4 Å². The Hall–Kier alpha value is -1.92. The Kier molecular flexibility index (Phi) is 7.03. The van der Waals surface area contributed by atoms with Crippen LogP contribution in [0.1, 0.15) is 16.7 Å². The molecule has 3 rings (SSSR count). The predicted octanol–water partition coefficient (Wildman–Crippen LogP) is 2.95. The quantitative estimate of drug-likeness (QED) is 0.523. The maximum atomic E-state index is 9.62. The minimum absolute atomic E-state index is 0.0109. The molecule has 5 heteroatoms. The van der Waals surface area contributed by atoms with Gasteiger partial charge in [-0.1, -0.05) is 36.4 Å². The largest absolute Gasteiger partial charge is 0.392 e. The van der Waals surface area contributed by atoms with Gasteiger partial charge >= 0.3 is 0 Å². The van der Waals surface area contributed by atoms with Gasteiger partial charge in [-0.05, 0) is 28.8 Å². The number of methoxy groups -OCH3 is 1. The Morgan fingerprint density at radius 3 is 2.54 bits per heavy atom. The van der Waals surface area contributed by atoms with Crippen LogP contribution in [0.5, 0.6) is 0 Å². The van der Waals surface area contributed by atoms with Crippen LogP contribution in [0.3, 0.4) is 0 Å². The first-order chi connectivity index (χ1) is 12.8. The highest BCUT2D eigenvalue weighted by molar-refractivity contribution is 5.52. The van der Waals surface area contributed by atoms with Crippen LogP contribution < -0.4 is 4.90 Å². The molecule has 0 spiro atoms. The van der Waals surface area contributed by atoms with Gasteiger partial charge in [-0.15, -0.1) is 0 Å². The monoisotopic (exact) mass is 357 g/mol. The third-order valence-electron chi connectivity index (χ3n) is 4.61. The van der Waals surface area contributed by atoms with Crippen molar-refractivity contribution >= 4 is 5.69 Å². The fraction of sp³-hybridized carbons (Fsp3) is 0.429. The Bertz CT molecular complexity index is 671. The molecule has 1 N–H and O–H groups in total. The van der Waals surface area contributed by atoms with Gasteiger partial charge < -0.3 is 24.2 Å². The van der Waals surface area contributed by atoms with Crippen molar-refractivity contribution in [2.75, 3.05) is 38.5 Å². The van der Waals surface area contributed by atoms with Gasteiger partial charge in [0.05, 0.1) is 26.4 Å². The van der Waals surface area contributed by atoms with Crippen molar-refractivity contribution in [1.29, 1.82) is 0 Å². The van der Waals surface area contributed by atoms with Crippen molar-refractivity contribution in [2.45, 2.75) is 19.8 Å². The van der Waals surface area contributed by atoms with E-state index in [0.29, 0.717) is 19.1 Å². The Labute approximate surface area is 155 Å². The van der Waals surface area contributed by atoms with Gasteiger partial charge in [0.25, 0.3) is 0 Å². The number of nitrogens with zero attached hydrogens (tertiary/aromatic N) is 1. The topological polar surface area (TPSA) is 51.2 Å². The molecule has 0 unspecified atom stereocenters. The minimum Gasteiger partial charge on any atom is -0.392 e. The van der Waals surface area contributed by atoms with Crippen LogP contribution >= 0.6 is 0 Å². The number of hydrogen-bond acceptors (Lipinski definition) is 5. The molecule has 0 bridgehead atoms. The first-order valence-electron chi connectivity index (χ1n) is 8.96. The molecule has 0 amide bonds. The van der Waals surface area contributed by atoms with E-state index in [0.717, 1.165) is 36.5 Å². The Morgan fingerprint density at radius 1 is 1.00 bits per heavy atom. The minimum atomic E-state index is 0.0109. The summed E-state index contributed by atoms with van der Waals surface area (Å²) in [5.74, 6) is 0.556. The number of benzene rings is 2. The zero-order valence-corrected chi connectivity index (χ0v) is 15.3. The van der Waals surface area contributed by atoms with Gasteiger partial charge in [0, 0.05) is 31.8 Å². The van der Waals surface area contributed by atoms with E-state index in [1.807, 2.05) is 30.3 Å². The molecule has 5 nitrogen and oxygen atoms in total. The highest BCUT2D eigenvalue weighted by Gasteiger charge is 2.27. The third-order valence-corrected chi connectivity index (χ3v) is 4.61. The fourth-order valence-corrected chi connectivity index (χ4v) is 3.14. The maximum absolute atomic E-state index is 9.62. The van der Waals surface area contributed by atoms with Crippen LogP contribution in [-0.2, 0) is 34.0 Å². The number of aliphatic hydroxyl groups excluding tert-OH is 1. The Morgan fingerprint density at radius 2 is 1.81 bits per heavy atom. The number of ether oxygens (including phenoxy) is 3. The summed E-state index contributed by atoms with van der Waals surface area (Å²) in [6, 6.07) is 16.4. The number of aliphatic hydroxyl groups is 1. The van der Waals surface area contributed by atoms with E-state index >= 15 is 0 Å². The van der Waals surface area contributed by atoms with Crippen molar-refractivity contribution in [3.8, 4) is 0 Å². The summed E-state index contributed by atoms with van der Waals surface area (Å²) in [5.41, 5.74) is 4.25. The third kappa shape index (κ3) is 5.05. The van der Waals surface area contributed by atoms with E-state index < -0.39 is 0 Å². The van der Waals surface area contributed by atoms with E-state index in [2.05, 4.69) is 23.1 Å². The summed E-state index contributed by atoms with van der Waals surface area (Å²) >= 11 is 0. The predicted molar refractivity (Wildman–Crippen MR) is 101 cm³/mol. The van der Waals surface area contributed by atoms with E-state index in [1.54, 1.807) is 7.11 Å². The SMILES string of the molecule is COCOCc1ccc(N2CC(COCc3ccccc3)C2)cc1CO. The van der Waals surface area contributed by atoms with Crippen molar-refractivity contribution in [3.05, 3.63) is 65.2 Å². The molecule has 0 aliphatic carbocycles. The molecule has 0 aromatic heterocycles. The highest BCUT2D eigenvalue weighted by Crippen LogP contribution is 2.27. The van der Waals surface area contributed by atoms with E-state index in [1.165, 1.54) is 5.56 Å². The molecule has 1 saturated heterocycles. The van der Waals surface area contributed by atoms with Crippen molar-refractivity contribution in [1.82, 2.24) is 0 Å². The van der Waals surface area contributed by atoms with Crippen LogP contribution in [0.2, 0.25) is 0 Å². The summed E-state index contributed by atoms with van der Waals surface area (Å²) in [6.07, 6.45) is 0. The number of anilines is 1. The summed E-state index contributed by atoms with van der Waals surface area (Å²) in [6.45, 7) is 4.13. The molecule has 1 heterocycles. The zero-order valence-electron chi connectivity index (χ0n) is 15.3. The maximum Gasteiger partial charge on any atom is 0.146 e. The van der Waals surface area contributed by atoms with Crippen LogP contribution in [0.15, 0.2) is 48.5 Å². The molecule has 1 aliphatic rings. The van der Waals surface area contributed by atoms with Crippen LogP contribution in [0.25, 0.3) is 0 Å². The molecule has 26 heavy (non-hydrogen) atoms. The second-order valence-corrected chi connectivity index (χ2v) is 6.64. The molecular formula is C21H27NO4. The van der Waals surface area contributed by atoms with Crippen molar-refractivity contribution in [2.24, 2.45) is 5.92 Å². The van der Waals surface area contributed by atoms with E-state index in [9.17, 15) is 5.11 Å². The lowest BCUT2D eigenvalue weighted by molar-refractivity contribution is -0.0394. The second-order valence-electron chi connectivity index (χ2n) is 6.64. The van der Waals surface area contributed by atoms with Crippen LogP contribution in [0.4, 0.5) is 5.69 Å². The second kappa shape index (κ2) is 9.69. The molecule has 0 saturated carbocycles. The average molecular weight is 357 g/mol. The molecule has 0 atom stereocenters. The fourth-order valence-electron chi connectivity index (χ4n) is 3.14. The standard InChI is InChI=1S/C21H27NO4/c1-24-16-26-15-19-7-8-21(9-20(19)12-23)22-10-18(11-22)14-25-13-17-5-3-2-4-6-17/h2-9,18,23H,10-16H2,1H3. The average Bonchev–Trinajstić information content (AvgIpc) is 2.65. The molecule has 0 radical (unpaired) electrons.